The number of hydrogen-bond acceptors (Lipinski definition) is 3. The van der Waals surface area contributed by atoms with Gasteiger partial charge in [0.25, 0.3) is 0 Å². The standard InChI is InChI=1S/C17H25NO3/c1-20-15-8-9-16(21-2)14(12-15)10-11-18-17(19)13-6-4-3-5-7-13/h8-9,12-13H,3-7,10-11H2,1-2H3,(H,18,19). The van der Waals surface area contributed by atoms with E-state index in [4.69, 9.17) is 9.47 Å². The van der Waals surface area contributed by atoms with E-state index < -0.39 is 0 Å². The van der Waals surface area contributed by atoms with Crippen molar-refractivity contribution in [2.75, 3.05) is 20.8 Å². The Morgan fingerprint density at radius 3 is 2.62 bits per heavy atom. The van der Waals surface area contributed by atoms with Crippen molar-refractivity contribution < 1.29 is 14.3 Å². The molecule has 0 radical (unpaired) electrons. The lowest BCUT2D eigenvalue weighted by atomic mass is 9.88. The summed E-state index contributed by atoms with van der Waals surface area (Å²) < 4.78 is 10.6. The van der Waals surface area contributed by atoms with Crippen LogP contribution in [0.25, 0.3) is 0 Å². The van der Waals surface area contributed by atoms with Gasteiger partial charge in [0.2, 0.25) is 5.91 Å². The molecular formula is C17H25NO3. The van der Waals surface area contributed by atoms with Gasteiger partial charge >= 0.3 is 0 Å². The zero-order valence-electron chi connectivity index (χ0n) is 13.0. The van der Waals surface area contributed by atoms with Crippen LogP contribution in [0.3, 0.4) is 0 Å². The Kier molecular flexibility index (Phi) is 5.90. The van der Waals surface area contributed by atoms with Gasteiger partial charge in [0.05, 0.1) is 14.2 Å². The summed E-state index contributed by atoms with van der Waals surface area (Å²) in [5.74, 6) is 2.06. The second-order valence-electron chi connectivity index (χ2n) is 5.55. The highest BCUT2D eigenvalue weighted by molar-refractivity contribution is 5.78. The first-order valence-electron chi connectivity index (χ1n) is 7.73. The summed E-state index contributed by atoms with van der Waals surface area (Å²) in [4.78, 5) is 12.1. The van der Waals surface area contributed by atoms with Crippen LogP contribution < -0.4 is 14.8 Å². The Bertz CT molecular complexity index is 467. The molecule has 1 aromatic carbocycles. The number of carbonyl (C=O) groups is 1. The predicted octanol–water partition coefficient (Wildman–Crippen LogP) is 2.94. The molecule has 4 heteroatoms. The van der Waals surface area contributed by atoms with Crippen LogP contribution in [0.1, 0.15) is 37.7 Å². The molecule has 0 atom stereocenters. The highest BCUT2D eigenvalue weighted by Gasteiger charge is 2.20. The molecule has 21 heavy (non-hydrogen) atoms. The quantitative estimate of drug-likeness (QED) is 0.876. The zero-order chi connectivity index (χ0) is 15.1. The van der Waals surface area contributed by atoms with Crippen LogP contribution in [-0.2, 0) is 11.2 Å². The fourth-order valence-corrected chi connectivity index (χ4v) is 2.91. The van der Waals surface area contributed by atoms with E-state index >= 15 is 0 Å². The maximum atomic E-state index is 12.1. The molecule has 0 heterocycles. The molecule has 1 aliphatic rings. The Hall–Kier alpha value is -1.71. The number of ether oxygens (including phenoxy) is 2. The number of rotatable bonds is 6. The molecule has 116 valence electrons. The third-order valence-electron chi connectivity index (χ3n) is 4.16. The van der Waals surface area contributed by atoms with Crippen LogP contribution in [0.15, 0.2) is 18.2 Å². The van der Waals surface area contributed by atoms with Crippen molar-refractivity contribution in [3.8, 4) is 11.5 Å². The second-order valence-corrected chi connectivity index (χ2v) is 5.55. The van der Waals surface area contributed by atoms with Crippen molar-refractivity contribution in [2.24, 2.45) is 5.92 Å². The lowest BCUT2D eigenvalue weighted by Gasteiger charge is -2.20. The number of methoxy groups -OCH3 is 2. The van der Waals surface area contributed by atoms with Gasteiger partial charge in [-0.2, -0.15) is 0 Å². The van der Waals surface area contributed by atoms with Gasteiger partial charge in [-0.05, 0) is 43.0 Å². The maximum Gasteiger partial charge on any atom is 0.223 e. The summed E-state index contributed by atoms with van der Waals surface area (Å²) in [5.41, 5.74) is 1.06. The molecule has 0 spiro atoms. The van der Waals surface area contributed by atoms with Crippen molar-refractivity contribution in [3.63, 3.8) is 0 Å². The molecule has 0 saturated heterocycles. The van der Waals surface area contributed by atoms with Gasteiger partial charge in [0.1, 0.15) is 11.5 Å². The smallest absolute Gasteiger partial charge is 0.223 e. The summed E-state index contributed by atoms with van der Waals surface area (Å²) in [7, 11) is 3.31. The molecule has 1 N–H and O–H groups in total. The topological polar surface area (TPSA) is 47.6 Å². The third-order valence-corrected chi connectivity index (χ3v) is 4.16. The molecule has 0 aliphatic heterocycles. The van der Waals surface area contributed by atoms with Crippen molar-refractivity contribution in [3.05, 3.63) is 23.8 Å². The van der Waals surface area contributed by atoms with Gasteiger partial charge in [-0.3, -0.25) is 4.79 Å². The molecule has 0 bridgehead atoms. The highest BCUT2D eigenvalue weighted by Crippen LogP contribution is 2.25. The van der Waals surface area contributed by atoms with Gasteiger partial charge in [-0.15, -0.1) is 0 Å². The first-order chi connectivity index (χ1) is 10.2. The number of amides is 1. The molecule has 0 aromatic heterocycles. The fraction of sp³-hybridized carbons (Fsp3) is 0.588. The summed E-state index contributed by atoms with van der Waals surface area (Å²) in [6, 6.07) is 5.74. The van der Waals surface area contributed by atoms with Crippen LogP contribution in [0.4, 0.5) is 0 Å². The summed E-state index contributed by atoms with van der Waals surface area (Å²) in [6.07, 6.45) is 6.45. The average Bonchev–Trinajstić information content (AvgIpc) is 2.55. The third kappa shape index (κ3) is 4.38. The number of benzene rings is 1. The Morgan fingerprint density at radius 1 is 1.19 bits per heavy atom. The number of nitrogens with one attached hydrogen (secondary N) is 1. The number of carbonyl (C=O) groups excluding carboxylic acids is 1. The van der Waals surface area contributed by atoms with Gasteiger partial charge in [-0.25, -0.2) is 0 Å². The fourth-order valence-electron chi connectivity index (χ4n) is 2.91. The van der Waals surface area contributed by atoms with Crippen LogP contribution in [0, 0.1) is 5.92 Å². The van der Waals surface area contributed by atoms with E-state index in [1.54, 1.807) is 14.2 Å². The van der Waals surface area contributed by atoms with E-state index in [-0.39, 0.29) is 11.8 Å². The normalized spacial score (nSPS) is 15.5. The maximum absolute atomic E-state index is 12.1. The van der Waals surface area contributed by atoms with E-state index in [0.717, 1.165) is 36.3 Å². The molecule has 1 aromatic rings. The highest BCUT2D eigenvalue weighted by atomic mass is 16.5. The minimum Gasteiger partial charge on any atom is -0.497 e. The summed E-state index contributed by atoms with van der Waals surface area (Å²) >= 11 is 0. The summed E-state index contributed by atoms with van der Waals surface area (Å²) in [5, 5.41) is 3.05. The minimum absolute atomic E-state index is 0.205. The van der Waals surface area contributed by atoms with Crippen LogP contribution in [-0.4, -0.2) is 26.7 Å². The molecule has 1 aliphatic carbocycles. The van der Waals surface area contributed by atoms with Crippen LogP contribution in [0.5, 0.6) is 11.5 Å². The SMILES string of the molecule is COc1ccc(OC)c(CCNC(=O)C2CCCCC2)c1. The van der Waals surface area contributed by atoms with E-state index in [0.29, 0.717) is 6.54 Å². The molecule has 0 unspecified atom stereocenters. The second kappa shape index (κ2) is 7.91. The van der Waals surface area contributed by atoms with Crippen molar-refractivity contribution in [1.82, 2.24) is 5.32 Å². The first kappa shape index (κ1) is 15.7. The molecule has 2 rings (SSSR count). The lowest BCUT2D eigenvalue weighted by molar-refractivity contribution is -0.125. The average molecular weight is 291 g/mol. The van der Waals surface area contributed by atoms with Gasteiger partial charge < -0.3 is 14.8 Å². The van der Waals surface area contributed by atoms with E-state index in [9.17, 15) is 4.79 Å². The molecule has 1 saturated carbocycles. The summed E-state index contributed by atoms with van der Waals surface area (Å²) in [6.45, 7) is 0.638. The Labute approximate surface area is 126 Å². The molecule has 4 nitrogen and oxygen atoms in total. The lowest BCUT2D eigenvalue weighted by Crippen LogP contribution is -2.33. The predicted molar refractivity (Wildman–Crippen MR) is 82.8 cm³/mol. The zero-order valence-corrected chi connectivity index (χ0v) is 13.0. The molecular weight excluding hydrogens is 266 g/mol. The Balaban J connectivity index is 1.86. The van der Waals surface area contributed by atoms with Crippen molar-refractivity contribution in [2.45, 2.75) is 38.5 Å². The van der Waals surface area contributed by atoms with Crippen LogP contribution in [0.2, 0.25) is 0 Å². The first-order valence-corrected chi connectivity index (χ1v) is 7.73. The Morgan fingerprint density at radius 2 is 1.95 bits per heavy atom. The van der Waals surface area contributed by atoms with E-state index in [2.05, 4.69) is 5.32 Å². The van der Waals surface area contributed by atoms with Gasteiger partial charge in [0, 0.05) is 12.5 Å². The monoisotopic (exact) mass is 291 g/mol. The van der Waals surface area contributed by atoms with Crippen molar-refractivity contribution in [1.29, 1.82) is 0 Å². The van der Waals surface area contributed by atoms with Gasteiger partial charge in [0.15, 0.2) is 0 Å². The van der Waals surface area contributed by atoms with Crippen molar-refractivity contribution >= 4 is 5.91 Å². The van der Waals surface area contributed by atoms with Gasteiger partial charge in [-0.1, -0.05) is 19.3 Å². The number of hydrogen-bond donors (Lipinski definition) is 1. The minimum atomic E-state index is 0.205. The largest absolute Gasteiger partial charge is 0.497 e. The molecule has 1 amide bonds. The molecule has 1 fully saturated rings. The van der Waals surface area contributed by atoms with Crippen LogP contribution >= 0.6 is 0 Å². The van der Waals surface area contributed by atoms with E-state index in [1.807, 2.05) is 18.2 Å². The van der Waals surface area contributed by atoms with E-state index in [1.165, 1.54) is 19.3 Å².